The molecule has 22 heavy (non-hydrogen) atoms. The molecule has 3 rings (SSSR count). The fraction of sp³-hybridized carbons (Fsp3) is 0.250. The molecule has 1 aliphatic heterocycles. The second-order valence-electron chi connectivity index (χ2n) is 4.74. The van der Waals surface area contributed by atoms with E-state index in [1.807, 2.05) is 47.8 Å². The number of aromatic nitrogens is 1. The summed E-state index contributed by atoms with van der Waals surface area (Å²) in [5.41, 5.74) is 2.57. The SMILES string of the molecule is COc1ccc(NC(=O)c2ccc(C3SCCS3)cc2)cn1. The van der Waals surface area contributed by atoms with E-state index in [2.05, 4.69) is 10.3 Å². The van der Waals surface area contributed by atoms with Crippen molar-refractivity contribution in [3.05, 3.63) is 53.7 Å². The number of carbonyl (C=O) groups excluding carboxylic acids is 1. The van der Waals surface area contributed by atoms with Gasteiger partial charge in [-0.1, -0.05) is 12.1 Å². The maximum atomic E-state index is 12.2. The number of nitrogens with zero attached hydrogens (tertiary/aromatic N) is 1. The largest absolute Gasteiger partial charge is 0.481 e. The summed E-state index contributed by atoms with van der Waals surface area (Å²) in [4.78, 5) is 16.3. The standard InChI is InChI=1S/C16H16N2O2S2/c1-20-14-7-6-13(10-17-14)18-15(19)11-2-4-12(5-3-11)16-21-8-9-22-16/h2-7,10,16H,8-9H2,1H3,(H,18,19). The Kier molecular flexibility index (Phi) is 4.90. The van der Waals surface area contributed by atoms with E-state index in [1.54, 1.807) is 25.4 Å². The van der Waals surface area contributed by atoms with E-state index >= 15 is 0 Å². The van der Waals surface area contributed by atoms with Crippen LogP contribution in [0.4, 0.5) is 5.69 Å². The molecule has 1 saturated heterocycles. The Morgan fingerprint density at radius 1 is 1.18 bits per heavy atom. The van der Waals surface area contributed by atoms with Crippen molar-refractivity contribution in [2.75, 3.05) is 23.9 Å². The fourth-order valence-electron chi connectivity index (χ4n) is 2.12. The minimum atomic E-state index is -0.134. The van der Waals surface area contributed by atoms with E-state index in [0.717, 1.165) is 0 Å². The number of methoxy groups -OCH3 is 1. The molecule has 4 nitrogen and oxygen atoms in total. The van der Waals surface area contributed by atoms with Gasteiger partial charge in [0, 0.05) is 23.1 Å². The number of ether oxygens (including phenoxy) is 1. The third kappa shape index (κ3) is 3.56. The van der Waals surface area contributed by atoms with Crippen LogP contribution in [-0.2, 0) is 0 Å². The van der Waals surface area contributed by atoms with Crippen molar-refractivity contribution in [3.8, 4) is 5.88 Å². The van der Waals surface area contributed by atoms with E-state index in [1.165, 1.54) is 17.1 Å². The van der Waals surface area contributed by atoms with Crippen molar-refractivity contribution in [2.24, 2.45) is 0 Å². The van der Waals surface area contributed by atoms with Gasteiger partial charge in [0.25, 0.3) is 5.91 Å². The number of hydrogen-bond donors (Lipinski definition) is 1. The van der Waals surface area contributed by atoms with Crippen LogP contribution in [0.3, 0.4) is 0 Å². The van der Waals surface area contributed by atoms with Gasteiger partial charge >= 0.3 is 0 Å². The zero-order valence-electron chi connectivity index (χ0n) is 12.1. The molecule has 114 valence electrons. The molecule has 2 aromatic rings. The molecule has 1 N–H and O–H groups in total. The molecular weight excluding hydrogens is 316 g/mol. The highest BCUT2D eigenvalue weighted by molar-refractivity contribution is 8.19. The summed E-state index contributed by atoms with van der Waals surface area (Å²) in [7, 11) is 1.56. The molecule has 0 atom stereocenters. The topological polar surface area (TPSA) is 51.2 Å². The number of pyridine rings is 1. The first kappa shape index (κ1) is 15.2. The van der Waals surface area contributed by atoms with Gasteiger partial charge in [-0.2, -0.15) is 0 Å². The van der Waals surface area contributed by atoms with Gasteiger partial charge in [0.2, 0.25) is 5.88 Å². The smallest absolute Gasteiger partial charge is 0.255 e. The normalized spacial score (nSPS) is 14.8. The van der Waals surface area contributed by atoms with Crippen molar-refractivity contribution < 1.29 is 9.53 Å². The molecular formula is C16H16N2O2S2. The number of hydrogen-bond acceptors (Lipinski definition) is 5. The monoisotopic (exact) mass is 332 g/mol. The number of anilines is 1. The van der Waals surface area contributed by atoms with Crippen LogP contribution in [0.5, 0.6) is 5.88 Å². The number of benzene rings is 1. The maximum absolute atomic E-state index is 12.2. The quantitative estimate of drug-likeness (QED) is 0.922. The number of thioether (sulfide) groups is 2. The molecule has 1 amide bonds. The van der Waals surface area contributed by atoms with Gasteiger partial charge in [-0.15, -0.1) is 23.5 Å². The third-order valence-corrected chi connectivity index (χ3v) is 6.37. The molecule has 1 aromatic carbocycles. The second kappa shape index (κ2) is 7.07. The van der Waals surface area contributed by atoms with E-state index in [4.69, 9.17) is 4.74 Å². The van der Waals surface area contributed by atoms with Crippen LogP contribution >= 0.6 is 23.5 Å². The summed E-state index contributed by atoms with van der Waals surface area (Å²) in [6.07, 6.45) is 1.58. The molecule has 6 heteroatoms. The lowest BCUT2D eigenvalue weighted by molar-refractivity contribution is 0.102. The zero-order valence-corrected chi connectivity index (χ0v) is 13.7. The summed E-state index contributed by atoms with van der Waals surface area (Å²) in [5, 5.41) is 2.83. The predicted octanol–water partition coefficient (Wildman–Crippen LogP) is 3.82. The molecule has 0 aliphatic carbocycles. The molecule has 0 unspecified atom stereocenters. The van der Waals surface area contributed by atoms with Crippen LogP contribution in [-0.4, -0.2) is 29.5 Å². The Hall–Kier alpha value is -1.66. The van der Waals surface area contributed by atoms with E-state index in [0.29, 0.717) is 21.7 Å². The molecule has 2 heterocycles. The van der Waals surface area contributed by atoms with Crippen LogP contribution in [0.25, 0.3) is 0 Å². The molecule has 1 aromatic heterocycles. The maximum Gasteiger partial charge on any atom is 0.255 e. The van der Waals surface area contributed by atoms with Gasteiger partial charge in [-0.3, -0.25) is 4.79 Å². The molecule has 0 spiro atoms. The highest BCUT2D eigenvalue weighted by Gasteiger charge is 2.18. The van der Waals surface area contributed by atoms with E-state index in [-0.39, 0.29) is 5.91 Å². The molecule has 0 bridgehead atoms. The number of carbonyl (C=O) groups is 1. The Morgan fingerprint density at radius 2 is 1.91 bits per heavy atom. The lowest BCUT2D eigenvalue weighted by Gasteiger charge is -2.09. The van der Waals surface area contributed by atoms with Crippen molar-refractivity contribution in [2.45, 2.75) is 4.58 Å². The van der Waals surface area contributed by atoms with Crippen LogP contribution in [0.2, 0.25) is 0 Å². The molecule has 0 saturated carbocycles. The Balaban J connectivity index is 1.66. The van der Waals surface area contributed by atoms with E-state index < -0.39 is 0 Å². The summed E-state index contributed by atoms with van der Waals surface area (Å²) in [5.74, 6) is 2.78. The molecule has 1 aliphatic rings. The minimum absolute atomic E-state index is 0.134. The lowest BCUT2D eigenvalue weighted by atomic mass is 10.1. The lowest BCUT2D eigenvalue weighted by Crippen LogP contribution is -2.12. The number of nitrogens with one attached hydrogen (secondary N) is 1. The first-order valence-electron chi connectivity index (χ1n) is 6.91. The van der Waals surface area contributed by atoms with Gasteiger partial charge in [-0.25, -0.2) is 4.98 Å². The van der Waals surface area contributed by atoms with Gasteiger partial charge < -0.3 is 10.1 Å². The van der Waals surface area contributed by atoms with Crippen LogP contribution in [0, 0.1) is 0 Å². The first-order chi connectivity index (χ1) is 10.8. The Labute approximate surface area is 138 Å². The summed E-state index contributed by atoms with van der Waals surface area (Å²) >= 11 is 3.92. The minimum Gasteiger partial charge on any atom is -0.481 e. The Bertz CT molecular complexity index is 638. The number of rotatable bonds is 4. The van der Waals surface area contributed by atoms with Crippen molar-refractivity contribution >= 4 is 35.1 Å². The van der Waals surface area contributed by atoms with Gasteiger partial charge in [0.15, 0.2) is 0 Å². The first-order valence-corrected chi connectivity index (χ1v) is 9.00. The van der Waals surface area contributed by atoms with E-state index in [9.17, 15) is 4.79 Å². The highest BCUT2D eigenvalue weighted by Crippen LogP contribution is 2.45. The zero-order chi connectivity index (χ0) is 15.4. The van der Waals surface area contributed by atoms with Crippen molar-refractivity contribution in [1.82, 2.24) is 4.98 Å². The van der Waals surface area contributed by atoms with Crippen molar-refractivity contribution in [3.63, 3.8) is 0 Å². The molecule has 1 fully saturated rings. The van der Waals surface area contributed by atoms with Crippen molar-refractivity contribution in [1.29, 1.82) is 0 Å². The summed E-state index contributed by atoms with van der Waals surface area (Å²) < 4.78 is 5.50. The summed E-state index contributed by atoms with van der Waals surface area (Å²) in [6.45, 7) is 0. The average Bonchev–Trinajstić information content (AvgIpc) is 3.10. The van der Waals surface area contributed by atoms with Crippen LogP contribution in [0.1, 0.15) is 20.5 Å². The Morgan fingerprint density at radius 3 is 2.50 bits per heavy atom. The molecule has 0 radical (unpaired) electrons. The second-order valence-corrected chi connectivity index (χ2v) is 7.46. The van der Waals surface area contributed by atoms with Gasteiger partial charge in [-0.05, 0) is 23.8 Å². The predicted molar refractivity (Wildman–Crippen MR) is 92.8 cm³/mol. The third-order valence-electron chi connectivity index (χ3n) is 3.27. The highest BCUT2D eigenvalue weighted by atomic mass is 32.2. The fourth-order valence-corrected chi connectivity index (χ4v) is 4.98. The summed E-state index contributed by atoms with van der Waals surface area (Å²) in [6, 6.07) is 11.3. The van der Waals surface area contributed by atoms with Crippen LogP contribution in [0.15, 0.2) is 42.6 Å². The number of amides is 1. The average molecular weight is 332 g/mol. The van der Waals surface area contributed by atoms with Crippen LogP contribution < -0.4 is 10.1 Å². The van der Waals surface area contributed by atoms with Gasteiger partial charge in [0.05, 0.1) is 23.6 Å². The van der Waals surface area contributed by atoms with Gasteiger partial charge in [0.1, 0.15) is 0 Å².